The summed E-state index contributed by atoms with van der Waals surface area (Å²) in [5, 5.41) is 6.28. The molecular weight excluding hydrogens is 144 g/mol. The first kappa shape index (κ1) is 5.80. The van der Waals surface area contributed by atoms with Crippen LogP contribution in [0.4, 0.5) is 0 Å². The summed E-state index contributed by atoms with van der Waals surface area (Å²) in [6.07, 6.45) is 2.15. The first-order valence-corrected chi connectivity index (χ1v) is 4.03. The van der Waals surface area contributed by atoms with E-state index < -0.39 is 0 Å². The summed E-state index contributed by atoms with van der Waals surface area (Å²) in [6, 6.07) is 2.04. The molecule has 1 aliphatic heterocycles. The van der Waals surface area contributed by atoms with Gasteiger partial charge in [0.05, 0.1) is 0 Å². The first-order chi connectivity index (χ1) is 4.88. The van der Waals surface area contributed by atoms with Crippen molar-refractivity contribution in [2.75, 3.05) is 6.54 Å². The zero-order valence-electron chi connectivity index (χ0n) is 5.42. The molecule has 0 atom stereocenters. The van der Waals surface area contributed by atoms with Crippen molar-refractivity contribution in [1.82, 2.24) is 5.32 Å². The monoisotopic (exact) mass is 152 g/mol. The molecule has 0 saturated carbocycles. The van der Waals surface area contributed by atoms with Crippen LogP contribution in [-0.4, -0.2) is 6.54 Å². The van der Waals surface area contributed by atoms with Gasteiger partial charge in [0.15, 0.2) is 0 Å². The molecule has 0 radical (unpaired) electrons. The Kier molecular flexibility index (Phi) is 1.17. The van der Waals surface area contributed by atoms with Crippen LogP contribution in [0.15, 0.2) is 11.4 Å². The number of nitrogens with one attached hydrogen (secondary N) is 1. The third kappa shape index (κ3) is 0.708. The average molecular weight is 152 g/mol. The second-order valence-corrected chi connectivity index (χ2v) is 3.14. The zero-order valence-corrected chi connectivity index (χ0v) is 6.24. The molecule has 1 aliphatic rings. The highest BCUT2D eigenvalue weighted by molar-refractivity contribution is 7.07. The van der Waals surface area contributed by atoms with Gasteiger partial charge in [-0.15, -0.1) is 11.3 Å². The fourth-order valence-corrected chi connectivity index (χ4v) is 1.89. The summed E-state index contributed by atoms with van der Waals surface area (Å²) >= 11 is 1.73. The molecular formula is C7H8N2S. The van der Waals surface area contributed by atoms with Gasteiger partial charge in [-0.1, -0.05) is 0 Å². The number of rotatable bonds is 0. The van der Waals surface area contributed by atoms with Gasteiger partial charge in [-0.25, -0.2) is 0 Å². The molecule has 0 aromatic carbocycles. The first-order valence-electron chi connectivity index (χ1n) is 3.15. The third-order valence-electron chi connectivity index (χ3n) is 1.57. The van der Waals surface area contributed by atoms with Gasteiger partial charge in [0.2, 0.25) is 0 Å². The van der Waals surface area contributed by atoms with Crippen molar-refractivity contribution in [3.05, 3.63) is 21.2 Å². The van der Waals surface area contributed by atoms with Gasteiger partial charge in [-0.2, -0.15) is 0 Å². The normalized spacial score (nSPS) is 15.4. The van der Waals surface area contributed by atoms with Crippen LogP contribution < -0.4 is 20.8 Å². The number of hydrogen-bond donors (Lipinski definition) is 2. The van der Waals surface area contributed by atoms with Crippen LogP contribution in [0, 0.1) is 0 Å². The molecule has 0 spiro atoms. The third-order valence-corrected chi connectivity index (χ3v) is 2.48. The lowest BCUT2D eigenvalue weighted by molar-refractivity contribution is 0.991. The second kappa shape index (κ2) is 2.02. The van der Waals surface area contributed by atoms with Gasteiger partial charge in [0.1, 0.15) is 5.82 Å². The summed E-state index contributed by atoms with van der Waals surface area (Å²) in [4.78, 5) is 0. The van der Waals surface area contributed by atoms with E-state index in [1.54, 1.807) is 11.3 Å². The van der Waals surface area contributed by atoms with Crippen molar-refractivity contribution in [2.24, 2.45) is 5.73 Å². The maximum absolute atomic E-state index is 5.68. The molecule has 2 heterocycles. The molecule has 10 heavy (non-hydrogen) atoms. The Labute approximate surface area is 62.7 Å². The van der Waals surface area contributed by atoms with Gasteiger partial charge in [0, 0.05) is 16.3 Å². The van der Waals surface area contributed by atoms with Gasteiger partial charge in [-0.3, -0.25) is 0 Å². The fraction of sp³-hybridized carbons (Fsp3) is 0.143. The molecule has 0 amide bonds. The molecule has 3 heteroatoms. The molecule has 2 rings (SSSR count). The van der Waals surface area contributed by atoms with E-state index in [4.69, 9.17) is 5.73 Å². The predicted octanol–water partition coefficient (Wildman–Crippen LogP) is -0.844. The summed E-state index contributed by atoms with van der Waals surface area (Å²) in [5.74, 6) is 0.804. The number of fused-ring (bicyclic) bond motifs is 1. The molecule has 0 aliphatic carbocycles. The van der Waals surface area contributed by atoms with Crippen molar-refractivity contribution in [2.45, 2.75) is 0 Å². The maximum Gasteiger partial charge on any atom is 0.105 e. The van der Waals surface area contributed by atoms with Crippen LogP contribution in [-0.2, 0) is 0 Å². The second-order valence-electron chi connectivity index (χ2n) is 2.20. The Morgan fingerprint density at radius 2 is 2.50 bits per heavy atom. The highest BCUT2D eigenvalue weighted by Gasteiger charge is 1.97. The summed E-state index contributed by atoms with van der Waals surface area (Å²) < 4.78 is 1.29. The quantitative estimate of drug-likeness (QED) is 0.508. The van der Waals surface area contributed by atoms with E-state index in [-0.39, 0.29) is 0 Å². The van der Waals surface area contributed by atoms with Crippen molar-refractivity contribution >= 4 is 23.2 Å². The Hall–Kier alpha value is -0.960. The highest BCUT2D eigenvalue weighted by Crippen LogP contribution is 1.86. The lowest BCUT2D eigenvalue weighted by Gasteiger charge is -2.04. The lowest BCUT2D eigenvalue weighted by Crippen LogP contribution is -2.37. The molecule has 0 fully saturated rings. The topological polar surface area (TPSA) is 38.0 Å². The van der Waals surface area contributed by atoms with Crippen LogP contribution in [0.2, 0.25) is 0 Å². The molecule has 2 nitrogen and oxygen atoms in total. The highest BCUT2D eigenvalue weighted by atomic mass is 32.1. The number of thiophene rings is 1. The van der Waals surface area contributed by atoms with Gasteiger partial charge >= 0.3 is 0 Å². The Morgan fingerprint density at radius 3 is 3.30 bits per heavy atom. The Balaban J connectivity index is 2.91. The van der Waals surface area contributed by atoms with Crippen LogP contribution in [0.25, 0.3) is 11.9 Å². The molecule has 0 saturated heterocycles. The minimum Gasteiger partial charge on any atom is -0.385 e. The molecule has 0 unspecified atom stereocenters. The van der Waals surface area contributed by atoms with E-state index in [2.05, 4.69) is 16.8 Å². The van der Waals surface area contributed by atoms with E-state index in [1.807, 2.05) is 6.07 Å². The van der Waals surface area contributed by atoms with Gasteiger partial charge in [0.25, 0.3) is 0 Å². The van der Waals surface area contributed by atoms with E-state index in [0.717, 1.165) is 17.6 Å². The van der Waals surface area contributed by atoms with Crippen LogP contribution in [0.5, 0.6) is 0 Å². The van der Waals surface area contributed by atoms with E-state index in [0.29, 0.717) is 0 Å². The van der Waals surface area contributed by atoms with Crippen LogP contribution in [0.1, 0.15) is 0 Å². The van der Waals surface area contributed by atoms with Crippen molar-refractivity contribution < 1.29 is 0 Å². The van der Waals surface area contributed by atoms with Crippen molar-refractivity contribution in [1.29, 1.82) is 0 Å². The standard InChI is InChI=1S/C7H8N2S/c8-7-5-2-4-10-6(5)1-3-9-7/h1-2,4,9H,3,8H2. The van der Waals surface area contributed by atoms with Crippen molar-refractivity contribution in [3.63, 3.8) is 0 Å². The molecule has 1 aromatic rings. The van der Waals surface area contributed by atoms with E-state index >= 15 is 0 Å². The minimum absolute atomic E-state index is 0.804. The molecule has 1 aromatic heterocycles. The smallest absolute Gasteiger partial charge is 0.105 e. The van der Waals surface area contributed by atoms with Gasteiger partial charge < -0.3 is 11.1 Å². The predicted molar refractivity (Wildman–Crippen MR) is 43.6 cm³/mol. The van der Waals surface area contributed by atoms with Crippen LogP contribution >= 0.6 is 11.3 Å². The molecule has 3 N–H and O–H groups in total. The summed E-state index contributed by atoms with van der Waals surface area (Å²) in [6.45, 7) is 0.860. The van der Waals surface area contributed by atoms with Gasteiger partial charge in [-0.05, 0) is 17.5 Å². The van der Waals surface area contributed by atoms with E-state index in [9.17, 15) is 0 Å². The van der Waals surface area contributed by atoms with Crippen molar-refractivity contribution in [3.8, 4) is 0 Å². The Bertz CT molecular complexity index is 350. The minimum atomic E-state index is 0.804. The number of nitrogens with two attached hydrogens (primary N) is 1. The summed E-state index contributed by atoms with van der Waals surface area (Å²) in [7, 11) is 0. The average Bonchev–Trinajstić information content (AvgIpc) is 2.36. The number of hydrogen-bond acceptors (Lipinski definition) is 3. The largest absolute Gasteiger partial charge is 0.385 e. The fourth-order valence-electron chi connectivity index (χ4n) is 1.05. The SMILES string of the molecule is NC1=c2ccsc2=CCN1. The zero-order chi connectivity index (χ0) is 6.97. The molecule has 0 bridgehead atoms. The van der Waals surface area contributed by atoms with E-state index in [1.165, 1.54) is 4.53 Å². The van der Waals surface area contributed by atoms with Crippen LogP contribution in [0.3, 0.4) is 0 Å². The summed E-state index contributed by atoms with van der Waals surface area (Å²) in [5.41, 5.74) is 5.68. The Morgan fingerprint density at radius 1 is 1.60 bits per heavy atom. The maximum atomic E-state index is 5.68. The molecule has 52 valence electrons. The lowest BCUT2D eigenvalue weighted by atomic mass is 10.3.